The Labute approximate surface area is 125 Å². The van der Waals surface area contributed by atoms with E-state index in [2.05, 4.69) is 5.16 Å². The van der Waals surface area contributed by atoms with Gasteiger partial charge in [-0.25, -0.2) is 0 Å². The number of hydrogen-bond donors (Lipinski definition) is 0. The highest BCUT2D eigenvalue weighted by atomic mass is 16.6. The number of ether oxygens (including phenoxy) is 3. The van der Waals surface area contributed by atoms with Crippen molar-refractivity contribution in [2.75, 3.05) is 28.4 Å². The Hall–Kier alpha value is -1.91. The van der Waals surface area contributed by atoms with Crippen LogP contribution in [0.15, 0.2) is 17.3 Å². The molecule has 21 heavy (non-hydrogen) atoms. The highest BCUT2D eigenvalue weighted by Crippen LogP contribution is 2.45. The molecule has 5 heteroatoms. The van der Waals surface area contributed by atoms with E-state index in [0.29, 0.717) is 17.2 Å². The maximum absolute atomic E-state index is 5.59. The molecule has 1 aliphatic carbocycles. The van der Waals surface area contributed by atoms with Gasteiger partial charge in [0.2, 0.25) is 5.75 Å². The summed E-state index contributed by atoms with van der Waals surface area (Å²) in [6, 6.07) is 3.94. The normalized spacial score (nSPS) is 20.2. The Bertz CT molecular complexity index is 513. The maximum Gasteiger partial charge on any atom is 0.203 e. The summed E-state index contributed by atoms with van der Waals surface area (Å²) < 4.78 is 16.4. The molecule has 2 rings (SSSR count). The second-order valence-corrected chi connectivity index (χ2v) is 4.99. The van der Waals surface area contributed by atoms with Crippen LogP contribution in [0.5, 0.6) is 17.2 Å². The molecular formula is C16H23NO4. The van der Waals surface area contributed by atoms with Crippen LogP contribution in [0.1, 0.15) is 37.2 Å². The molecule has 0 amide bonds. The molecule has 0 spiro atoms. The fourth-order valence-corrected chi connectivity index (χ4v) is 2.96. The van der Waals surface area contributed by atoms with Crippen LogP contribution in [0.4, 0.5) is 0 Å². The molecule has 0 aromatic heterocycles. The van der Waals surface area contributed by atoms with E-state index >= 15 is 0 Å². The zero-order valence-electron chi connectivity index (χ0n) is 13.1. The first kappa shape index (κ1) is 15.5. The van der Waals surface area contributed by atoms with Crippen molar-refractivity contribution < 1.29 is 19.0 Å². The van der Waals surface area contributed by atoms with Gasteiger partial charge in [0.25, 0.3) is 0 Å². The quantitative estimate of drug-likeness (QED) is 0.781. The first-order chi connectivity index (χ1) is 10.3. The van der Waals surface area contributed by atoms with Gasteiger partial charge in [0.15, 0.2) is 11.5 Å². The summed E-state index contributed by atoms with van der Waals surface area (Å²) in [6.07, 6.45) is 4.31. The van der Waals surface area contributed by atoms with Gasteiger partial charge in [-0.05, 0) is 25.3 Å². The van der Waals surface area contributed by atoms with Crippen molar-refractivity contribution in [1.29, 1.82) is 0 Å². The van der Waals surface area contributed by atoms with Gasteiger partial charge in [-0.3, -0.25) is 0 Å². The highest BCUT2D eigenvalue weighted by molar-refractivity contribution is 5.92. The minimum absolute atomic E-state index is 0.202. The van der Waals surface area contributed by atoms with Crippen molar-refractivity contribution in [2.24, 2.45) is 5.16 Å². The van der Waals surface area contributed by atoms with Crippen molar-refractivity contribution in [1.82, 2.24) is 0 Å². The largest absolute Gasteiger partial charge is 0.493 e. The average molecular weight is 293 g/mol. The van der Waals surface area contributed by atoms with E-state index < -0.39 is 0 Å². The van der Waals surface area contributed by atoms with Gasteiger partial charge >= 0.3 is 0 Å². The van der Waals surface area contributed by atoms with Crippen LogP contribution in [0, 0.1) is 0 Å². The van der Waals surface area contributed by atoms with Crippen molar-refractivity contribution >= 4 is 5.71 Å². The van der Waals surface area contributed by atoms with E-state index in [9.17, 15) is 0 Å². The topological polar surface area (TPSA) is 49.3 Å². The van der Waals surface area contributed by atoms with Crippen molar-refractivity contribution in [2.45, 2.75) is 31.6 Å². The second-order valence-electron chi connectivity index (χ2n) is 4.99. The summed E-state index contributed by atoms with van der Waals surface area (Å²) >= 11 is 0. The van der Waals surface area contributed by atoms with Crippen LogP contribution >= 0.6 is 0 Å². The molecule has 1 saturated carbocycles. The molecule has 1 aromatic carbocycles. The van der Waals surface area contributed by atoms with Crippen LogP contribution in [0.2, 0.25) is 0 Å². The predicted molar refractivity (Wildman–Crippen MR) is 81.8 cm³/mol. The molecular weight excluding hydrogens is 270 g/mol. The minimum atomic E-state index is 0.202. The highest BCUT2D eigenvalue weighted by Gasteiger charge is 2.28. The molecule has 0 N–H and O–H groups in total. The monoisotopic (exact) mass is 293 g/mol. The lowest BCUT2D eigenvalue weighted by Crippen LogP contribution is -2.19. The Morgan fingerprint density at radius 3 is 2.33 bits per heavy atom. The van der Waals surface area contributed by atoms with Crippen molar-refractivity contribution in [3.63, 3.8) is 0 Å². The predicted octanol–water partition coefficient (Wildman–Crippen LogP) is 3.37. The molecule has 5 nitrogen and oxygen atoms in total. The van der Waals surface area contributed by atoms with Gasteiger partial charge in [-0.1, -0.05) is 17.6 Å². The fourth-order valence-electron chi connectivity index (χ4n) is 2.96. The number of oxime groups is 1. The molecule has 0 aliphatic heterocycles. The average Bonchev–Trinajstić information content (AvgIpc) is 2.54. The third-order valence-electron chi connectivity index (χ3n) is 3.90. The third kappa shape index (κ3) is 3.06. The Morgan fingerprint density at radius 1 is 0.952 bits per heavy atom. The molecule has 1 atom stereocenters. The molecule has 1 unspecified atom stereocenters. The number of hydrogen-bond acceptors (Lipinski definition) is 5. The van der Waals surface area contributed by atoms with Gasteiger partial charge in [0.1, 0.15) is 7.11 Å². The van der Waals surface area contributed by atoms with Crippen LogP contribution in [-0.4, -0.2) is 34.2 Å². The summed E-state index contributed by atoms with van der Waals surface area (Å²) in [4.78, 5) is 5.00. The van der Waals surface area contributed by atoms with E-state index in [-0.39, 0.29) is 5.92 Å². The molecule has 0 saturated heterocycles. The third-order valence-corrected chi connectivity index (χ3v) is 3.90. The first-order valence-corrected chi connectivity index (χ1v) is 7.15. The lowest BCUT2D eigenvalue weighted by molar-refractivity contribution is 0.210. The summed E-state index contributed by atoms with van der Waals surface area (Å²) in [7, 11) is 6.48. The van der Waals surface area contributed by atoms with Crippen molar-refractivity contribution in [3.8, 4) is 17.2 Å². The number of benzene rings is 1. The lowest BCUT2D eigenvalue weighted by atomic mass is 9.82. The Kier molecular flexibility index (Phi) is 5.31. The Balaban J connectivity index is 2.49. The first-order valence-electron chi connectivity index (χ1n) is 7.15. The van der Waals surface area contributed by atoms with E-state index in [4.69, 9.17) is 19.0 Å². The number of nitrogens with zero attached hydrogens (tertiary/aromatic N) is 1. The minimum Gasteiger partial charge on any atom is -0.493 e. The standard InChI is InChI=1S/C16H23NO4/c1-18-14-10-9-12(15(19-2)16(14)20-3)11-7-5-6-8-13(11)17-21-4/h9-11H,5-8H2,1-4H3. The summed E-state index contributed by atoms with van der Waals surface area (Å²) in [5, 5.41) is 4.20. The summed E-state index contributed by atoms with van der Waals surface area (Å²) in [6.45, 7) is 0. The molecule has 1 aromatic rings. The zero-order chi connectivity index (χ0) is 15.2. The van der Waals surface area contributed by atoms with Crippen LogP contribution in [0.3, 0.4) is 0 Å². The number of methoxy groups -OCH3 is 3. The molecule has 0 bridgehead atoms. The Morgan fingerprint density at radius 2 is 1.71 bits per heavy atom. The van der Waals surface area contributed by atoms with Gasteiger partial charge in [-0.2, -0.15) is 0 Å². The SMILES string of the molecule is CON=C1CCCCC1c1ccc(OC)c(OC)c1OC. The summed E-state index contributed by atoms with van der Waals surface area (Å²) in [5.74, 6) is 2.21. The van der Waals surface area contributed by atoms with Crippen LogP contribution in [-0.2, 0) is 4.84 Å². The fraction of sp³-hybridized carbons (Fsp3) is 0.562. The van der Waals surface area contributed by atoms with Crippen molar-refractivity contribution in [3.05, 3.63) is 17.7 Å². The van der Waals surface area contributed by atoms with Gasteiger partial charge in [0, 0.05) is 11.5 Å². The van der Waals surface area contributed by atoms with Gasteiger partial charge in [-0.15, -0.1) is 0 Å². The smallest absolute Gasteiger partial charge is 0.203 e. The van der Waals surface area contributed by atoms with Gasteiger partial charge < -0.3 is 19.0 Å². The molecule has 0 heterocycles. The second kappa shape index (κ2) is 7.20. The van der Waals surface area contributed by atoms with E-state index in [1.54, 1.807) is 28.4 Å². The van der Waals surface area contributed by atoms with Crippen LogP contribution in [0.25, 0.3) is 0 Å². The van der Waals surface area contributed by atoms with E-state index in [1.165, 1.54) is 6.42 Å². The molecule has 1 aliphatic rings. The molecule has 1 fully saturated rings. The van der Waals surface area contributed by atoms with E-state index in [0.717, 1.165) is 30.5 Å². The maximum atomic E-state index is 5.59. The molecule has 116 valence electrons. The van der Waals surface area contributed by atoms with E-state index in [1.807, 2.05) is 12.1 Å². The van der Waals surface area contributed by atoms with Gasteiger partial charge in [0.05, 0.1) is 27.0 Å². The zero-order valence-corrected chi connectivity index (χ0v) is 13.1. The lowest BCUT2D eigenvalue weighted by Gasteiger charge is -2.26. The summed E-state index contributed by atoms with van der Waals surface area (Å²) in [5.41, 5.74) is 2.14. The van der Waals surface area contributed by atoms with Crippen LogP contribution < -0.4 is 14.2 Å². The number of rotatable bonds is 5. The molecule has 0 radical (unpaired) electrons.